The molecule has 4 nitrogen and oxygen atoms in total. The van der Waals surface area contributed by atoms with Gasteiger partial charge in [0.25, 0.3) is 0 Å². The molecule has 1 aliphatic heterocycles. The maximum absolute atomic E-state index is 12.6. The molecule has 1 saturated carbocycles. The highest BCUT2D eigenvalue weighted by atomic mass is 32.1. The summed E-state index contributed by atoms with van der Waals surface area (Å²) in [6, 6.07) is 4.39. The smallest absolute Gasteiger partial charge is 0.229 e. The summed E-state index contributed by atoms with van der Waals surface area (Å²) >= 11 is 1.52. The van der Waals surface area contributed by atoms with Gasteiger partial charge >= 0.3 is 0 Å². The first kappa shape index (κ1) is 16.7. The van der Waals surface area contributed by atoms with Crippen LogP contribution in [0.2, 0.25) is 0 Å². The monoisotopic (exact) mass is 355 g/mol. The van der Waals surface area contributed by atoms with E-state index in [9.17, 15) is 4.79 Å². The number of amides is 1. The van der Waals surface area contributed by atoms with Gasteiger partial charge in [-0.25, -0.2) is 4.98 Å². The molecule has 2 heterocycles. The van der Waals surface area contributed by atoms with Crippen molar-refractivity contribution in [3.63, 3.8) is 0 Å². The normalized spacial score (nSPS) is 21.3. The van der Waals surface area contributed by atoms with Gasteiger partial charge in [-0.2, -0.15) is 0 Å². The summed E-state index contributed by atoms with van der Waals surface area (Å²) < 4.78 is 0. The molecule has 1 aromatic heterocycles. The summed E-state index contributed by atoms with van der Waals surface area (Å²) in [6.07, 6.45) is 3.28. The van der Waals surface area contributed by atoms with Crippen LogP contribution in [0.5, 0.6) is 0 Å². The Labute approximate surface area is 153 Å². The van der Waals surface area contributed by atoms with E-state index in [0.717, 1.165) is 43.6 Å². The van der Waals surface area contributed by atoms with Crippen molar-refractivity contribution in [2.24, 2.45) is 11.3 Å². The number of nitrogens with one attached hydrogen (secondary N) is 2. The highest BCUT2D eigenvalue weighted by Crippen LogP contribution is 2.58. The minimum absolute atomic E-state index is 0.152. The van der Waals surface area contributed by atoms with E-state index in [2.05, 4.69) is 48.5 Å². The summed E-state index contributed by atoms with van der Waals surface area (Å²) in [5, 5.41) is 9.20. The average molecular weight is 356 g/mol. The van der Waals surface area contributed by atoms with Gasteiger partial charge in [0.15, 0.2) is 5.13 Å². The summed E-state index contributed by atoms with van der Waals surface area (Å²) in [5.74, 6) is 0.324. The summed E-state index contributed by atoms with van der Waals surface area (Å²) in [6.45, 7) is 8.45. The van der Waals surface area contributed by atoms with Gasteiger partial charge in [0.1, 0.15) is 0 Å². The third-order valence-corrected chi connectivity index (χ3v) is 6.71. The lowest BCUT2D eigenvalue weighted by Gasteiger charge is -2.22. The number of anilines is 1. The molecule has 4 rings (SSSR count). The molecule has 1 aromatic carbocycles. The number of hydrogen-bond acceptors (Lipinski definition) is 4. The number of nitrogens with zero attached hydrogens (tertiary/aromatic N) is 1. The minimum atomic E-state index is 0.152. The van der Waals surface area contributed by atoms with Crippen molar-refractivity contribution >= 4 is 22.4 Å². The number of benzene rings is 1. The van der Waals surface area contributed by atoms with Gasteiger partial charge in [-0.1, -0.05) is 6.07 Å². The third kappa shape index (κ3) is 3.11. The lowest BCUT2D eigenvalue weighted by atomic mass is 9.92. The number of aryl methyl sites for hydroxylation is 3. The molecule has 2 N–H and O–H groups in total. The van der Waals surface area contributed by atoms with E-state index in [1.807, 2.05) is 5.38 Å². The highest BCUT2D eigenvalue weighted by molar-refractivity contribution is 7.14. The van der Waals surface area contributed by atoms with Gasteiger partial charge in [-0.3, -0.25) is 4.79 Å². The van der Waals surface area contributed by atoms with Crippen molar-refractivity contribution in [2.75, 3.05) is 18.4 Å². The van der Waals surface area contributed by atoms with E-state index < -0.39 is 0 Å². The molecular weight excluding hydrogens is 330 g/mol. The molecule has 1 amide bonds. The Bertz CT molecular complexity index is 820. The van der Waals surface area contributed by atoms with Gasteiger partial charge in [0.05, 0.1) is 5.69 Å². The average Bonchev–Trinajstić information content (AvgIpc) is 3.07. The van der Waals surface area contributed by atoms with Crippen molar-refractivity contribution < 1.29 is 4.79 Å². The molecule has 2 fully saturated rings. The van der Waals surface area contributed by atoms with E-state index >= 15 is 0 Å². The second-order valence-corrected chi connectivity index (χ2v) is 8.51. The first-order valence-corrected chi connectivity index (χ1v) is 9.92. The molecule has 0 bridgehead atoms. The lowest BCUT2D eigenvalue weighted by molar-refractivity contribution is -0.118. The van der Waals surface area contributed by atoms with Crippen LogP contribution in [0, 0.1) is 32.1 Å². The number of piperidine rings is 1. The SMILES string of the molecule is Cc1cc(C)c(-c2csc(NC(=O)C3CC34CCNCC4)n2)cc1C. The Hall–Kier alpha value is -1.72. The first-order chi connectivity index (χ1) is 12.0. The molecule has 2 aliphatic rings. The van der Waals surface area contributed by atoms with Crippen molar-refractivity contribution in [2.45, 2.75) is 40.0 Å². The van der Waals surface area contributed by atoms with E-state index in [4.69, 9.17) is 0 Å². The first-order valence-electron chi connectivity index (χ1n) is 9.04. The second kappa shape index (κ2) is 6.22. The van der Waals surface area contributed by atoms with Crippen LogP contribution >= 0.6 is 11.3 Å². The molecule has 2 aromatic rings. The Morgan fingerprint density at radius 2 is 1.92 bits per heavy atom. The van der Waals surface area contributed by atoms with Gasteiger partial charge < -0.3 is 10.6 Å². The lowest BCUT2D eigenvalue weighted by Crippen LogP contribution is -2.31. The summed E-state index contributed by atoms with van der Waals surface area (Å²) in [4.78, 5) is 17.3. The molecular formula is C20H25N3OS. The predicted molar refractivity (Wildman–Crippen MR) is 103 cm³/mol. The second-order valence-electron chi connectivity index (χ2n) is 7.65. The van der Waals surface area contributed by atoms with Crippen LogP contribution in [0.1, 0.15) is 36.0 Å². The third-order valence-electron chi connectivity index (χ3n) is 5.96. The zero-order valence-corrected chi connectivity index (χ0v) is 15.9. The molecule has 1 aliphatic carbocycles. The van der Waals surface area contributed by atoms with E-state index in [1.54, 1.807) is 0 Å². The largest absolute Gasteiger partial charge is 0.317 e. The standard InChI is InChI=1S/C20H25N3OS/c1-12-8-14(3)15(9-13(12)2)17-11-25-19(22-17)23-18(24)16-10-20(16)4-6-21-7-5-20/h8-9,11,16,21H,4-7,10H2,1-3H3,(H,22,23,24). The van der Waals surface area contributed by atoms with Crippen LogP contribution < -0.4 is 10.6 Å². The van der Waals surface area contributed by atoms with Crippen LogP contribution in [0.3, 0.4) is 0 Å². The van der Waals surface area contributed by atoms with Crippen LogP contribution in [0.15, 0.2) is 17.5 Å². The zero-order chi connectivity index (χ0) is 17.6. The quantitative estimate of drug-likeness (QED) is 0.873. The fourth-order valence-corrected chi connectivity index (χ4v) is 4.79. The number of carbonyl (C=O) groups is 1. The Kier molecular flexibility index (Phi) is 4.16. The van der Waals surface area contributed by atoms with Crippen molar-refractivity contribution in [3.05, 3.63) is 34.2 Å². The topological polar surface area (TPSA) is 54.0 Å². The van der Waals surface area contributed by atoms with Crippen LogP contribution in [-0.4, -0.2) is 24.0 Å². The zero-order valence-electron chi connectivity index (χ0n) is 15.1. The molecule has 1 spiro atoms. The van der Waals surface area contributed by atoms with E-state index in [0.29, 0.717) is 5.13 Å². The Morgan fingerprint density at radius 3 is 2.68 bits per heavy atom. The van der Waals surface area contributed by atoms with Crippen molar-refractivity contribution in [1.82, 2.24) is 10.3 Å². The van der Waals surface area contributed by atoms with Crippen LogP contribution in [0.25, 0.3) is 11.3 Å². The Balaban J connectivity index is 1.47. The minimum Gasteiger partial charge on any atom is -0.317 e. The Morgan fingerprint density at radius 1 is 1.20 bits per heavy atom. The van der Waals surface area contributed by atoms with E-state index in [-0.39, 0.29) is 17.2 Å². The van der Waals surface area contributed by atoms with Crippen molar-refractivity contribution in [1.29, 1.82) is 0 Å². The maximum atomic E-state index is 12.6. The fourth-order valence-electron chi connectivity index (χ4n) is 4.08. The highest BCUT2D eigenvalue weighted by Gasteiger charge is 2.57. The van der Waals surface area contributed by atoms with Gasteiger partial charge in [0.2, 0.25) is 5.91 Å². The number of carbonyl (C=O) groups excluding carboxylic acids is 1. The number of rotatable bonds is 3. The molecule has 132 valence electrons. The van der Waals surface area contributed by atoms with Crippen molar-refractivity contribution in [3.8, 4) is 11.3 Å². The van der Waals surface area contributed by atoms with E-state index in [1.165, 1.54) is 28.0 Å². The van der Waals surface area contributed by atoms with Crippen LogP contribution in [-0.2, 0) is 4.79 Å². The van der Waals surface area contributed by atoms with Gasteiger partial charge in [0, 0.05) is 16.9 Å². The fraction of sp³-hybridized carbons (Fsp3) is 0.500. The predicted octanol–water partition coefficient (Wildman–Crippen LogP) is 4.06. The number of thiazole rings is 1. The summed E-state index contributed by atoms with van der Waals surface area (Å²) in [7, 11) is 0. The number of aromatic nitrogens is 1. The molecule has 1 unspecified atom stereocenters. The van der Waals surface area contributed by atoms with Crippen LogP contribution in [0.4, 0.5) is 5.13 Å². The molecule has 25 heavy (non-hydrogen) atoms. The number of hydrogen-bond donors (Lipinski definition) is 2. The molecule has 1 saturated heterocycles. The molecule has 1 atom stereocenters. The van der Waals surface area contributed by atoms with Gasteiger partial charge in [-0.15, -0.1) is 11.3 Å². The van der Waals surface area contributed by atoms with Gasteiger partial charge in [-0.05, 0) is 81.3 Å². The molecule has 0 radical (unpaired) electrons. The maximum Gasteiger partial charge on any atom is 0.229 e. The molecule has 5 heteroatoms. The summed E-state index contributed by atoms with van der Waals surface area (Å²) in [5.41, 5.74) is 6.16.